The van der Waals surface area contributed by atoms with E-state index >= 15 is 0 Å². The summed E-state index contributed by atoms with van der Waals surface area (Å²) in [5.41, 5.74) is -2.51. The number of halogens is 1. The summed E-state index contributed by atoms with van der Waals surface area (Å²) in [6.45, 7) is 19.2. The minimum atomic E-state index is -1.06. The zero-order valence-electron chi connectivity index (χ0n) is 25.9. The van der Waals surface area contributed by atoms with Crippen LogP contribution in [-0.4, -0.2) is 57.3 Å². The largest absolute Gasteiger partial charge is 0.509 e. The van der Waals surface area contributed by atoms with Gasteiger partial charge in [-0.15, -0.1) is 11.3 Å². The molecule has 0 saturated heterocycles. The van der Waals surface area contributed by atoms with Crippen molar-refractivity contribution in [1.82, 2.24) is 9.97 Å². The van der Waals surface area contributed by atoms with Gasteiger partial charge in [-0.3, -0.25) is 0 Å². The summed E-state index contributed by atoms with van der Waals surface area (Å²) in [6.07, 6.45) is 3.70. The number of aromatic nitrogens is 2. The molecule has 1 aromatic rings. The molecule has 1 fully saturated rings. The van der Waals surface area contributed by atoms with E-state index in [1.807, 2.05) is 6.92 Å². The van der Waals surface area contributed by atoms with Crippen molar-refractivity contribution in [3.05, 3.63) is 10.7 Å². The fourth-order valence-electron chi connectivity index (χ4n) is 4.35. The highest BCUT2D eigenvalue weighted by Gasteiger charge is 2.44. The van der Waals surface area contributed by atoms with E-state index in [1.54, 1.807) is 62.3 Å². The highest BCUT2D eigenvalue weighted by Crippen LogP contribution is 2.39. The first kappa shape index (κ1) is 33.9. The number of imide groups is 1. The maximum Gasteiger partial charge on any atom is 0.509 e. The van der Waals surface area contributed by atoms with Gasteiger partial charge in [0.2, 0.25) is 5.95 Å². The van der Waals surface area contributed by atoms with Gasteiger partial charge >= 0.3 is 18.3 Å². The normalized spacial score (nSPS) is 21.0. The van der Waals surface area contributed by atoms with E-state index in [0.717, 1.165) is 6.42 Å². The van der Waals surface area contributed by atoms with E-state index in [9.17, 15) is 14.4 Å². The average molecular weight is 595 g/mol. The number of hydrogen-bond acceptors (Lipinski definition) is 10. The van der Waals surface area contributed by atoms with Crippen LogP contribution in [0.4, 0.5) is 26.1 Å². The molecule has 1 aliphatic rings. The minimum Gasteiger partial charge on any atom is -0.443 e. The zero-order valence-corrected chi connectivity index (χ0v) is 26.6. The second-order valence-corrected chi connectivity index (χ2v) is 13.4. The van der Waals surface area contributed by atoms with Crippen LogP contribution in [0.5, 0.6) is 0 Å². The summed E-state index contributed by atoms with van der Waals surface area (Å²) in [6, 6.07) is -0.440. The number of nitrogens with one attached hydrogen (secondary N) is 1. The molecule has 0 spiro atoms. The van der Waals surface area contributed by atoms with Crippen molar-refractivity contribution in [3.63, 3.8) is 0 Å². The first-order valence-corrected chi connectivity index (χ1v) is 14.0. The topological polar surface area (TPSA) is 129 Å². The quantitative estimate of drug-likeness (QED) is 0.165. The fraction of sp³-hybridized carbons (Fsp3) is 0.690. The van der Waals surface area contributed by atoms with Crippen LogP contribution in [0.3, 0.4) is 0 Å². The lowest BCUT2D eigenvalue weighted by Gasteiger charge is -2.29. The zero-order chi connectivity index (χ0) is 31.5. The van der Waals surface area contributed by atoms with Crippen molar-refractivity contribution >= 4 is 41.7 Å². The molecule has 4 atom stereocenters. The van der Waals surface area contributed by atoms with Gasteiger partial charge in [-0.2, -0.15) is 9.97 Å². The molecular formula is C29H43ClN4O7. The van der Waals surface area contributed by atoms with Crippen molar-refractivity contribution in [2.24, 2.45) is 11.8 Å². The Bertz CT molecular complexity index is 1150. The van der Waals surface area contributed by atoms with Crippen LogP contribution in [0.2, 0.25) is 5.15 Å². The van der Waals surface area contributed by atoms with Gasteiger partial charge in [-0.25, -0.2) is 14.4 Å². The third-order valence-electron chi connectivity index (χ3n) is 6.03. The molecule has 0 bridgehead atoms. The van der Waals surface area contributed by atoms with Crippen LogP contribution >= 0.6 is 11.6 Å². The number of rotatable bonds is 5. The average Bonchev–Trinajstić information content (AvgIpc) is 3.04. The highest BCUT2D eigenvalue weighted by atomic mass is 35.5. The van der Waals surface area contributed by atoms with Crippen LogP contribution in [0.1, 0.15) is 94.6 Å². The Balaban J connectivity index is 2.55. The predicted molar refractivity (Wildman–Crippen MR) is 156 cm³/mol. The van der Waals surface area contributed by atoms with Crippen LogP contribution in [0, 0.1) is 24.2 Å². The number of ether oxygens (including phenoxy) is 4. The van der Waals surface area contributed by atoms with Crippen molar-refractivity contribution in [2.45, 2.75) is 118 Å². The number of carbonyl (C=O) groups is 3. The van der Waals surface area contributed by atoms with E-state index in [4.69, 9.17) is 37.0 Å². The van der Waals surface area contributed by atoms with Gasteiger partial charge in [-0.05, 0) is 80.6 Å². The lowest BCUT2D eigenvalue weighted by molar-refractivity contribution is -0.0366. The Hall–Kier alpha value is -3.26. The van der Waals surface area contributed by atoms with Gasteiger partial charge < -0.3 is 24.3 Å². The number of amides is 2. The summed E-state index contributed by atoms with van der Waals surface area (Å²) in [5, 5.41) is 3.06. The van der Waals surface area contributed by atoms with E-state index in [0.29, 0.717) is 11.3 Å². The number of terminal acetylenes is 1. The molecule has 2 rings (SSSR count). The summed E-state index contributed by atoms with van der Waals surface area (Å²) >= 11 is 6.45. The van der Waals surface area contributed by atoms with E-state index < -0.39 is 53.2 Å². The Morgan fingerprint density at radius 1 is 0.976 bits per heavy atom. The third-order valence-corrected chi connectivity index (χ3v) is 6.31. The van der Waals surface area contributed by atoms with Crippen LogP contribution in [-0.2, 0) is 18.9 Å². The molecule has 0 unspecified atom stereocenters. The first-order chi connectivity index (χ1) is 18.7. The SMILES string of the molecule is C#Cc1c(Cl)nc(N(C(=O)OC(C)(C)C)C(=O)OC(C)(C)C)nc1N[C@@H]1C[C@H](CC)[C@@H](C)[C@H]1OC(=O)OC(C)(C)C. The smallest absolute Gasteiger partial charge is 0.443 e. The molecule has 11 nitrogen and oxygen atoms in total. The van der Waals surface area contributed by atoms with Gasteiger partial charge in [0.1, 0.15) is 34.3 Å². The van der Waals surface area contributed by atoms with E-state index in [-0.39, 0.29) is 28.4 Å². The minimum absolute atomic E-state index is 0.0175. The third kappa shape index (κ3) is 9.66. The second-order valence-electron chi connectivity index (χ2n) is 13.0. The maximum atomic E-state index is 13.2. The molecule has 0 aromatic carbocycles. The molecule has 0 aliphatic heterocycles. The highest BCUT2D eigenvalue weighted by molar-refractivity contribution is 6.31. The van der Waals surface area contributed by atoms with Crippen LogP contribution in [0.25, 0.3) is 0 Å². The van der Waals surface area contributed by atoms with Crippen molar-refractivity contribution < 1.29 is 33.3 Å². The standard InChI is InChI=1S/C29H43ClN4O7/c1-13-17-15-19(20(16(17)3)38-26(37)41-29(10,11)12)31-22-18(14-2)21(30)32-23(33-22)34(24(35)39-27(4,5)6)25(36)40-28(7,8)9/h2,16-17,19-20H,13,15H2,1,3-12H3,(H,31,32,33)/t16-,17+,19-,20-/m1/s1. The lowest BCUT2D eigenvalue weighted by atomic mass is 9.95. The Morgan fingerprint density at radius 2 is 1.49 bits per heavy atom. The van der Waals surface area contributed by atoms with E-state index in [2.05, 4.69) is 28.1 Å². The Morgan fingerprint density at radius 3 is 1.93 bits per heavy atom. The number of anilines is 2. The second kappa shape index (κ2) is 12.7. The molecule has 41 heavy (non-hydrogen) atoms. The molecule has 12 heteroatoms. The summed E-state index contributed by atoms with van der Waals surface area (Å²) in [7, 11) is 0. The number of hydrogen-bond donors (Lipinski definition) is 1. The summed E-state index contributed by atoms with van der Waals surface area (Å²) in [4.78, 5) is 48.0. The van der Waals surface area contributed by atoms with Crippen molar-refractivity contribution in [3.8, 4) is 12.3 Å². The van der Waals surface area contributed by atoms with Gasteiger partial charge in [0.05, 0.1) is 6.04 Å². The van der Waals surface area contributed by atoms with Crippen LogP contribution in [0.15, 0.2) is 0 Å². The molecule has 1 N–H and O–H groups in total. The molecule has 0 radical (unpaired) electrons. The summed E-state index contributed by atoms with van der Waals surface area (Å²) < 4.78 is 22.0. The maximum absolute atomic E-state index is 13.2. The Labute approximate surface area is 248 Å². The lowest BCUT2D eigenvalue weighted by Crippen LogP contribution is -2.45. The molecule has 1 aromatic heterocycles. The first-order valence-electron chi connectivity index (χ1n) is 13.6. The molecule has 1 aliphatic carbocycles. The van der Waals surface area contributed by atoms with Gasteiger partial charge in [-0.1, -0.05) is 37.8 Å². The van der Waals surface area contributed by atoms with Gasteiger partial charge in [0, 0.05) is 0 Å². The Kier molecular flexibility index (Phi) is 10.5. The molecular weight excluding hydrogens is 552 g/mol. The van der Waals surface area contributed by atoms with Crippen LogP contribution < -0.4 is 10.2 Å². The monoisotopic (exact) mass is 594 g/mol. The summed E-state index contributed by atoms with van der Waals surface area (Å²) in [5.74, 6) is 2.33. The molecule has 1 saturated carbocycles. The number of nitrogens with zero attached hydrogens (tertiary/aromatic N) is 3. The van der Waals surface area contributed by atoms with E-state index in [1.165, 1.54) is 0 Å². The molecule has 1 heterocycles. The molecule has 228 valence electrons. The predicted octanol–water partition coefficient (Wildman–Crippen LogP) is 6.95. The van der Waals surface area contributed by atoms with Gasteiger partial charge in [0.25, 0.3) is 0 Å². The molecule has 2 amide bonds. The number of carbonyl (C=O) groups excluding carboxylic acids is 3. The van der Waals surface area contributed by atoms with Gasteiger partial charge in [0.15, 0.2) is 5.15 Å². The fourth-order valence-corrected chi connectivity index (χ4v) is 4.57. The van der Waals surface area contributed by atoms with Crippen molar-refractivity contribution in [2.75, 3.05) is 10.2 Å². The van der Waals surface area contributed by atoms with Crippen molar-refractivity contribution in [1.29, 1.82) is 0 Å².